The molecule has 2 heterocycles. The Balaban J connectivity index is 0.00000341. The molecule has 1 aromatic heterocycles. The molecule has 0 aliphatic carbocycles. The summed E-state index contributed by atoms with van der Waals surface area (Å²) in [7, 11) is 0. The smallest absolute Gasteiger partial charge is 0.225 e. The lowest BCUT2D eigenvalue weighted by Crippen LogP contribution is -2.50. The molecule has 0 saturated carbocycles. The number of furan rings is 1. The highest BCUT2D eigenvalue weighted by atomic mass is 127. The van der Waals surface area contributed by atoms with Crippen molar-refractivity contribution < 1.29 is 9.21 Å². The number of rotatable bonds is 8. The Morgan fingerprint density at radius 1 is 1.13 bits per heavy atom. The first kappa shape index (κ1) is 25.2. The summed E-state index contributed by atoms with van der Waals surface area (Å²) in [4.78, 5) is 19.0. The van der Waals surface area contributed by atoms with Gasteiger partial charge in [0.25, 0.3) is 0 Å². The van der Waals surface area contributed by atoms with Gasteiger partial charge in [-0.1, -0.05) is 44.2 Å². The Morgan fingerprint density at radius 3 is 2.52 bits per heavy atom. The summed E-state index contributed by atoms with van der Waals surface area (Å²) in [6.07, 6.45) is 5.30. The number of hydrogen-bond acceptors (Lipinski definition) is 3. The summed E-state index contributed by atoms with van der Waals surface area (Å²) in [6, 6.07) is 14.7. The van der Waals surface area contributed by atoms with E-state index in [4.69, 9.17) is 9.41 Å². The van der Waals surface area contributed by atoms with Crippen LogP contribution in [0.1, 0.15) is 38.0 Å². The van der Waals surface area contributed by atoms with Crippen molar-refractivity contribution >= 4 is 35.8 Å². The molecule has 31 heavy (non-hydrogen) atoms. The number of halogens is 1. The van der Waals surface area contributed by atoms with Crippen molar-refractivity contribution in [3.8, 4) is 0 Å². The Kier molecular flexibility index (Phi) is 10.9. The summed E-state index contributed by atoms with van der Waals surface area (Å²) in [5.41, 5.74) is 1.31. The quantitative estimate of drug-likeness (QED) is 0.304. The van der Waals surface area contributed by atoms with Crippen LogP contribution < -0.4 is 10.6 Å². The maximum Gasteiger partial charge on any atom is 0.225 e. The van der Waals surface area contributed by atoms with Crippen LogP contribution in [0.15, 0.2) is 58.1 Å². The minimum Gasteiger partial charge on any atom is -0.469 e. The predicted octanol–water partition coefficient (Wildman–Crippen LogP) is 3.87. The van der Waals surface area contributed by atoms with Crippen molar-refractivity contribution in [2.75, 3.05) is 26.2 Å². The molecular formula is C24H35IN4O2. The van der Waals surface area contributed by atoms with Gasteiger partial charge in [-0.15, -0.1) is 24.0 Å². The van der Waals surface area contributed by atoms with Gasteiger partial charge in [-0.2, -0.15) is 0 Å². The summed E-state index contributed by atoms with van der Waals surface area (Å²) in [5.74, 6) is 2.10. The Bertz CT molecular complexity index is 785. The van der Waals surface area contributed by atoms with Gasteiger partial charge in [-0.05, 0) is 37.0 Å². The zero-order chi connectivity index (χ0) is 21.2. The summed E-state index contributed by atoms with van der Waals surface area (Å²) < 4.78 is 5.41. The second-order valence-electron chi connectivity index (χ2n) is 8.12. The summed E-state index contributed by atoms with van der Waals surface area (Å²) >= 11 is 0. The van der Waals surface area contributed by atoms with E-state index < -0.39 is 0 Å². The van der Waals surface area contributed by atoms with Crippen LogP contribution in [0.2, 0.25) is 0 Å². The Labute approximate surface area is 202 Å². The van der Waals surface area contributed by atoms with Gasteiger partial charge in [-0.25, -0.2) is 0 Å². The molecule has 170 valence electrons. The number of likely N-dealkylation sites (tertiary alicyclic amines) is 1. The number of guanidine groups is 1. The average molecular weight is 538 g/mol. The molecule has 2 N–H and O–H groups in total. The van der Waals surface area contributed by atoms with Gasteiger partial charge in [0, 0.05) is 44.6 Å². The van der Waals surface area contributed by atoms with Crippen LogP contribution in [-0.2, 0) is 17.6 Å². The second kappa shape index (κ2) is 13.4. The number of nitrogens with one attached hydrogen (secondary N) is 2. The van der Waals surface area contributed by atoms with E-state index in [-0.39, 0.29) is 35.8 Å². The molecule has 0 unspecified atom stereocenters. The zero-order valence-electron chi connectivity index (χ0n) is 18.5. The maximum absolute atomic E-state index is 12.2. The molecule has 1 aliphatic heterocycles. The number of aliphatic imine (C=N–C) groups is 1. The van der Waals surface area contributed by atoms with Gasteiger partial charge in [0.05, 0.1) is 6.26 Å². The molecule has 3 rings (SSSR count). The number of hydrogen-bond donors (Lipinski definition) is 2. The molecular weight excluding hydrogens is 503 g/mol. The number of benzene rings is 1. The zero-order valence-corrected chi connectivity index (χ0v) is 20.9. The number of amides is 1. The van der Waals surface area contributed by atoms with E-state index in [9.17, 15) is 4.79 Å². The molecule has 0 radical (unpaired) electrons. The fourth-order valence-electron chi connectivity index (χ4n) is 3.66. The van der Waals surface area contributed by atoms with Crippen LogP contribution in [0.5, 0.6) is 0 Å². The molecule has 0 spiro atoms. The second-order valence-corrected chi connectivity index (χ2v) is 8.12. The van der Waals surface area contributed by atoms with Crippen LogP contribution in [0.4, 0.5) is 0 Å². The van der Waals surface area contributed by atoms with Crippen LogP contribution >= 0.6 is 24.0 Å². The largest absolute Gasteiger partial charge is 0.469 e. The molecule has 0 atom stereocenters. The van der Waals surface area contributed by atoms with Crippen LogP contribution in [0, 0.1) is 5.92 Å². The number of carbonyl (C=O) groups excluding carboxylic acids is 1. The molecule has 1 fully saturated rings. The third-order valence-electron chi connectivity index (χ3n) is 5.40. The fourth-order valence-corrected chi connectivity index (χ4v) is 3.66. The van der Waals surface area contributed by atoms with Crippen LogP contribution in [0.25, 0.3) is 0 Å². The minimum absolute atomic E-state index is 0. The van der Waals surface area contributed by atoms with Gasteiger partial charge in [-0.3, -0.25) is 9.79 Å². The van der Waals surface area contributed by atoms with E-state index in [0.717, 1.165) is 57.0 Å². The first-order valence-corrected chi connectivity index (χ1v) is 11.0. The fraction of sp³-hybridized carbons (Fsp3) is 0.500. The number of carbonyl (C=O) groups is 1. The molecule has 1 saturated heterocycles. The van der Waals surface area contributed by atoms with Crippen molar-refractivity contribution in [1.82, 2.24) is 15.5 Å². The standard InChI is InChI=1S/C24H34N4O2.HI/c1-19(2)23(29)28-16-12-21(13-17-28)27-24(26-15-11-22-9-6-18-30-22)25-14-10-20-7-4-3-5-8-20;/h3-9,18-19,21H,10-17H2,1-2H3,(H2,25,26,27);1H. The topological polar surface area (TPSA) is 69.9 Å². The molecule has 6 nitrogen and oxygen atoms in total. The minimum atomic E-state index is 0. The van der Waals surface area contributed by atoms with Gasteiger partial charge < -0.3 is 20.0 Å². The highest BCUT2D eigenvalue weighted by molar-refractivity contribution is 14.0. The molecule has 1 aliphatic rings. The van der Waals surface area contributed by atoms with Crippen molar-refractivity contribution in [3.63, 3.8) is 0 Å². The molecule has 2 aromatic rings. The van der Waals surface area contributed by atoms with Crippen LogP contribution in [-0.4, -0.2) is 49.0 Å². The lowest BCUT2D eigenvalue weighted by Gasteiger charge is -2.34. The average Bonchev–Trinajstić information content (AvgIpc) is 3.28. The first-order chi connectivity index (χ1) is 14.6. The van der Waals surface area contributed by atoms with Crippen LogP contribution in [0.3, 0.4) is 0 Å². The van der Waals surface area contributed by atoms with Gasteiger partial charge >= 0.3 is 0 Å². The lowest BCUT2D eigenvalue weighted by atomic mass is 10.0. The lowest BCUT2D eigenvalue weighted by molar-refractivity contribution is -0.135. The van der Waals surface area contributed by atoms with Crippen molar-refractivity contribution in [2.45, 2.75) is 45.6 Å². The van der Waals surface area contributed by atoms with E-state index in [1.165, 1.54) is 5.56 Å². The van der Waals surface area contributed by atoms with E-state index in [1.54, 1.807) is 6.26 Å². The number of piperidine rings is 1. The van der Waals surface area contributed by atoms with Crippen molar-refractivity contribution in [2.24, 2.45) is 10.9 Å². The van der Waals surface area contributed by atoms with E-state index in [1.807, 2.05) is 36.9 Å². The van der Waals surface area contributed by atoms with E-state index >= 15 is 0 Å². The molecule has 0 bridgehead atoms. The summed E-state index contributed by atoms with van der Waals surface area (Å²) in [6.45, 7) is 7.02. The summed E-state index contributed by atoms with van der Waals surface area (Å²) in [5, 5.41) is 7.06. The van der Waals surface area contributed by atoms with Gasteiger partial charge in [0.2, 0.25) is 5.91 Å². The first-order valence-electron chi connectivity index (χ1n) is 11.0. The Hall–Kier alpha value is -2.03. The van der Waals surface area contributed by atoms with Crippen molar-refractivity contribution in [3.05, 3.63) is 60.1 Å². The third kappa shape index (κ3) is 8.55. The van der Waals surface area contributed by atoms with E-state index in [0.29, 0.717) is 12.6 Å². The van der Waals surface area contributed by atoms with Gasteiger partial charge in [0.15, 0.2) is 5.96 Å². The van der Waals surface area contributed by atoms with E-state index in [2.05, 4.69) is 34.9 Å². The normalized spacial score (nSPS) is 14.9. The SMILES string of the molecule is CC(C)C(=O)N1CCC(NC(=NCCc2ccco2)NCCc2ccccc2)CC1.I. The molecule has 1 amide bonds. The van der Waals surface area contributed by atoms with Crippen molar-refractivity contribution in [1.29, 1.82) is 0 Å². The third-order valence-corrected chi connectivity index (χ3v) is 5.40. The highest BCUT2D eigenvalue weighted by Gasteiger charge is 2.24. The number of nitrogens with zero attached hydrogens (tertiary/aromatic N) is 2. The molecule has 1 aromatic carbocycles. The monoisotopic (exact) mass is 538 g/mol. The Morgan fingerprint density at radius 2 is 1.87 bits per heavy atom. The molecule has 7 heteroatoms. The maximum atomic E-state index is 12.2. The highest BCUT2D eigenvalue weighted by Crippen LogP contribution is 2.13. The van der Waals surface area contributed by atoms with Gasteiger partial charge in [0.1, 0.15) is 5.76 Å². The predicted molar refractivity (Wildman–Crippen MR) is 136 cm³/mol.